The van der Waals surface area contributed by atoms with Gasteiger partial charge in [0.15, 0.2) is 11.6 Å². The lowest BCUT2D eigenvalue weighted by atomic mass is 9.87. The fourth-order valence-electron chi connectivity index (χ4n) is 5.41. The van der Waals surface area contributed by atoms with Crippen LogP contribution in [0.15, 0.2) is 101 Å². The number of hydrogen-bond acceptors (Lipinski definition) is 6. The number of aryl methyl sites for hydroxylation is 2. The highest BCUT2D eigenvalue weighted by Crippen LogP contribution is 2.29. The predicted molar refractivity (Wildman–Crippen MR) is 187 cm³/mol. The molecular weight excluding hydrogens is 611 g/mol. The van der Waals surface area contributed by atoms with Crippen LogP contribution in [0.2, 0.25) is 0 Å². The Bertz CT molecular complexity index is 1960. The van der Waals surface area contributed by atoms with Crippen LogP contribution in [0.5, 0.6) is 5.75 Å². The first-order valence-electron chi connectivity index (χ1n) is 16.1. The van der Waals surface area contributed by atoms with Gasteiger partial charge >= 0.3 is 5.69 Å². The molecule has 5 aromatic rings. The number of nitrogens with zero attached hydrogens (tertiary/aromatic N) is 4. The van der Waals surface area contributed by atoms with E-state index >= 15 is 0 Å². The molecule has 47 heavy (non-hydrogen) atoms. The van der Waals surface area contributed by atoms with Crippen LogP contribution in [0.3, 0.4) is 0 Å². The minimum Gasteiger partial charge on any atom is -0.490 e. The lowest BCUT2D eigenvalue weighted by molar-refractivity contribution is 0.341. The Labute approximate surface area is 277 Å². The van der Waals surface area contributed by atoms with E-state index in [0.29, 0.717) is 37.6 Å². The summed E-state index contributed by atoms with van der Waals surface area (Å²) in [5, 5.41) is 4.70. The fourth-order valence-corrected chi connectivity index (χ4v) is 6.44. The second-order valence-corrected chi connectivity index (χ2v) is 14.2. The zero-order valence-electron chi connectivity index (χ0n) is 27.7. The van der Waals surface area contributed by atoms with Crippen LogP contribution in [0.1, 0.15) is 63.6 Å². The molecule has 1 N–H and O–H groups in total. The normalized spacial score (nSPS) is 11.9. The lowest BCUT2D eigenvalue weighted by Crippen LogP contribution is -2.25. The van der Waals surface area contributed by atoms with Gasteiger partial charge in [0.05, 0.1) is 23.7 Å². The van der Waals surface area contributed by atoms with Gasteiger partial charge in [-0.05, 0) is 73.1 Å². The molecule has 0 atom stereocenters. The molecule has 0 radical (unpaired) electrons. The average Bonchev–Trinajstić information content (AvgIpc) is 3.35. The molecule has 9 nitrogen and oxygen atoms in total. The first-order chi connectivity index (χ1) is 22.5. The Morgan fingerprint density at radius 1 is 0.830 bits per heavy atom. The molecule has 2 aromatic heterocycles. The minimum absolute atomic E-state index is 0.0772. The summed E-state index contributed by atoms with van der Waals surface area (Å²) in [6.07, 6.45) is 2.34. The number of anilines is 1. The largest absolute Gasteiger partial charge is 0.490 e. The predicted octanol–water partition coefficient (Wildman–Crippen LogP) is 6.85. The molecule has 0 bridgehead atoms. The molecule has 3 aromatic carbocycles. The number of rotatable bonds is 13. The number of ether oxygens (including phenoxy) is 1. The Morgan fingerprint density at radius 3 is 2.15 bits per heavy atom. The molecule has 0 spiro atoms. The van der Waals surface area contributed by atoms with E-state index in [0.717, 1.165) is 35.4 Å². The monoisotopic (exact) mass is 653 g/mol. The smallest absolute Gasteiger partial charge is 0.346 e. The van der Waals surface area contributed by atoms with Crippen LogP contribution in [-0.4, -0.2) is 34.4 Å². The summed E-state index contributed by atoms with van der Waals surface area (Å²) in [5.41, 5.74) is 4.92. The summed E-state index contributed by atoms with van der Waals surface area (Å²) in [4.78, 5) is 17.9. The van der Waals surface area contributed by atoms with E-state index in [1.165, 1.54) is 17.7 Å². The van der Waals surface area contributed by atoms with Crippen LogP contribution in [0.25, 0.3) is 11.3 Å². The SMILES string of the molecule is CCOc1ccc(-c2ccc(CCCc3nn(Cc4ccc(C(C)(C)C)cc4)c(=O)n3CC)cc2)nc1NS(=O)(=O)c1ccccc1. The topological polar surface area (TPSA) is 108 Å². The third kappa shape index (κ3) is 8.18. The van der Waals surface area contributed by atoms with Crippen molar-refractivity contribution in [2.75, 3.05) is 11.3 Å². The Balaban J connectivity index is 1.25. The van der Waals surface area contributed by atoms with Gasteiger partial charge in [0.25, 0.3) is 10.0 Å². The molecule has 10 heteroatoms. The molecule has 2 heterocycles. The summed E-state index contributed by atoms with van der Waals surface area (Å²) in [7, 11) is -3.84. The van der Waals surface area contributed by atoms with Gasteiger partial charge in [-0.25, -0.2) is 22.9 Å². The van der Waals surface area contributed by atoms with Gasteiger partial charge in [0, 0.05) is 18.5 Å². The highest BCUT2D eigenvalue weighted by Gasteiger charge is 2.19. The van der Waals surface area contributed by atoms with Crippen molar-refractivity contribution in [3.63, 3.8) is 0 Å². The number of benzene rings is 3. The number of pyridine rings is 1. The summed E-state index contributed by atoms with van der Waals surface area (Å²) in [6, 6.07) is 28.2. The molecule has 0 amide bonds. The van der Waals surface area contributed by atoms with Gasteiger partial charge in [-0.3, -0.25) is 9.29 Å². The van der Waals surface area contributed by atoms with Crippen molar-refractivity contribution in [2.45, 2.75) is 77.3 Å². The van der Waals surface area contributed by atoms with E-state index in [1.807, 2.05) is 44.2 Å². The first-order valence-corrected chi connectivity index (χ1v) is 17.5. The zero-order valence-corrected chi connectivity index (χ0v) is 28.5. The summed E-state index contributed by atoms with van der Waals surface area (Å²) < 4.78 is 37.6. The molecule has 0 aliphatic rings. The van der Waals surface area contributed by atoms with E-state index in [4.69, 9.17) is 9.84 Å². The summed E-state index contributed by atoms with van der Waals surface area (Å²) in [6.45, 7) is 11.8. The van der Waals surface area contributed by atoms with Gasteiger partial charge in [-0.1, -0.05) is 87.5 Å². The number of aromatic nitrogens is 4. The quantitative estimate of drug-likeness (QED) is 0.149. The number of hydrogen-bond donors (Lipinski definition) is 1. The molecule has 0 aliphatic carbocycles. The third-order valence-corrected chi connectivity index (χ3v) is 9.38. The molecule has 0 unspecified atom stereocenters. The van der Waals surface area contributed by atoms with Crippen LogP contribution < -0.4 is 15.1 Å². The van der Waals surface area contributed by atoms with Crippen LogP contribution in [0, 0.1) is 0 Å². The van der Waals surface area contributed by atoms with Crippen LogP contribution in [-0.2, 0) is 41.4 Å². The fraction of sp³-hybridized carbons (Fsp3) is 0.324. The lowest BCUT2D eigenvalue weighted by Gasteiger charge is -2.19. The Kier molecular flexibility index (Phi) is 10.3. The molecule has 5 rings (SSSR count). The van der Waals surface area contributed by atoms with E-state index in [2.05, 4.69) is 54.7 Å². The Morgan fingerprint density at radius 2 is 1.51 bits per heavy atom. The molecule has 0 fully saturated rings. The maximum absolute atomic E-state index is 13.1. The van der Waals surface area contributed by atoms with Gasteiger partial charge in [0.2, 0.25) is 0 Å². The van der Waals surface area contributed by atoms with E-state index in [-0.39, 0.29) is 21.8 Å². The van der Waals surface area contributed by atoms with Crippen molar-refractivity contribution in [1.29, 1.82) is 0 Å². The van der Waals surface area contributed by atoms with Crippen LogP contribution >= 0.6 is 0 Å². The third-order valence-electron chi connectivity index (χ3n) is 8.03. The van der Waals surface area contributed by atoms with E-state index < -0.39 is 10.0 Å². The first kappa shape index (κ1) is 33.7. The van der Waals surface area contributed by atoms with Gasteiger partial charge in [-0.2, -0.15) is 5.10 Å². The highest BCUT2D eigenvalue weighted by molar-refractivity contribution is 7.92. The number of sulfonamides is 1. The molecule has 246 valence electrons. The maximum Gasteiger partial charge on any atom is 0.346 e. The highest BCUT2D eigenvalue weighted by atomic mass is 32.2. The van der Waals surface area contributed by atoms with Gasteiger partial charge < -0.3 is 4.74 Å². The minimum atomic E-state index is -3.84. The molecule has 0 saturated carbocycles. The summed E-state index contributed by atoms with van der Waals surface area (Å²) in [5.74, 6) is 1.30. The second-order valence-electron chi connectivity index (χ2n) is 12.5. The molecule has 0 saturated heterocycles. The van der Waals surface area contributed by atoms with Crippen molar-refractivity contribution < 1.29 is 13.2 Å². The van der Waals surface area contributed by atoms with E-state index in [1.54, 1.807) is 33.5 Å². The molecule has 0 aliphatic heterocycles. The van der Waals surface area contributed by atoms with Gasteiger partial charge in [0.1, 0.15) is 5.82 Å². The van der Waals surface area contributed by atoms with Crippen molar-refractivity contribution in [2.24, 2.45) is 0 Å². The van der Waals surface area contributed by atoms with Crippen molar-refractivity contribution in [1.82, 2.24) is 19.3 Å². The van der Waals surface area contributed by atoms with Crippen molar-refractivity contribution in [3.05, 3.63) is 124 Å². The van der Waals surface area contributed by atoms with Gasteiger partial charge in [-0.15, -0.1) is 0 Å². The zero-order chi connectivity index (χ0) is 33.6. The second kappa shape index (κ2) is 14.4. The maximum atomic E-state index is 13.1. The van der Waals surface area contributed by atoms with Crippen molar-refractivity contribution in [3.8, 4) is 17.0 Å². The van der Waals surface area contributed by atoms with Crippen molar-refractivity contribution >= 4 is 15.8 Å². The van der Waals surface area contributed by atoms with E-state index in [9.17, 15) is 13.2 Å². The average molecular weight is 654 g/mol. The van der Waals surface area contributed by atoms with Crippen LogP contribution in [0.4, 0.5) is 5.82 Å². The Hall–Kier alpha value is -4.70. The standard InChI is InChI=1S/C37H43N5O4S/c1-6-41-34(39-42(36(41)43)26-28-18-22-30(23-19-28)37(3,4)5)15-11-12-27-16-20-29(21-17-27)32-24-25-33(46-7-2)35(38-32)40-47(44,45)31-13-9-8-10-14-31/h8-10,13-14,16-25H,6-7,11-12,15,26H2,1-5H3,(H,38,40). The molecular formula is C37H43N5O4S. The summed E-state index contributed by atoms with van der Waals surface area (Å²) >= 11 is 0. The number of nitrogens with one attached hydrogen (secondary N) is 1.